The molecule has 0 radical (unpaired) electrons. The summed E-state index contributed by atoms with van der Waals surface area (Å²) in [5.74, 6) is 0. The van der Waals surface area contributed by atoms with E-state index in [0.29, 0.717) is 0 Å². The third-order valence-electron chi connectivity index (χ3n) is 27.2. The Bertz CT molecular complexity index is 9020. The van der Waals surface area contributed by atoms with Crippen LogP contribution in [0.3, 0.4) is 0 Å². The third-order valence-corrected chi connectivity index (χ3v) is 29.5. The molecular formula is C134H92N6OS2. The maximum absolute atomic E-state index is 6.30. The van der Waals surface area contributed by atoms with E-state index >= 15 is 0 Å². The molecule has 0 aliphatic heterocycles. The molecule has 7 nitrogen and oxygen atoms in total. The Kier molecular flexibility index (Phi) is 23.0. The lowest BCUT2D eigenvalue weighted by atomic mass is 9.95. The highest BCUT2D eigenvalue weighted by Crippen LogP contribution is 2.51. The summed E-state index contributed by atoms with van der Waals surface area (Å²) in [4.78, 5) is 14.1. The minimum absolute atomic E-state index is 0.884. The minimum atomic E-state index is 0.884. The average Bonchev–Trinajstić information content (AvgIpc) is 1.12. The molecule has 0 aliphatic carbocycles. The Morgan fingerprint density at radius 3 is 0.902 bits per heavy atom. The summed E-state index contributed by atoms with van der Waals surface area (Å²) in [7, 11) is 0. The molecule has 3 aromatic heterocycles. The fourth-order valence-electron chi connectivity index (χ4n) is 20.4. The fraction of sp³-hybridized carbons (Fsp3) is 0. The van der Waals surface area contributed by atoms with Gasteiger partial charge in [-0.25, -0.2) is 0 Å². The molecule has 26 rings (SSSR count). The Morgan fingerprint density at radius 1 is 0.133 bits per heavy atom. The number of fused-ring (bicyclic) bond motifs is 11. The predicted octanol–water partition coefficient (Wildman–Crippen LogP) is 39.8. The number of nitrogens with zero attached hydrogens (tertiary/aromatic N) is 6. The molecule has 0 fully saturated rings. The highest BCUT2D eigenvalue weighted by molar-refractivity contribution is 7.26. The van der Waals surface area contributed by atoms with E-state index in [-0.39, 0.29) is 0 Å². The van der Waals surface area contributed by atoms with Crippen LogP contribution in [0.15, 0.2) is 563 Å². The zero-order chi connectivity index (χ0) is 94.9. The average molecular weight is 1870 g/mol. The zero-order valence-electron chi connectivity index (χ0n) is 78.0. The van der Waals surface area contributed by atoms with E-state index in [9.17, 15) is 0 Å². The Hall–Kier alpha value is -18.4. The topological polar surface area (TPSA) is 32.6 Å². The van der Waals surface area contributed by atoms with Gasteiger partial charge in [0.25, 0.3) is 0 Å². The molecule has 0 unspecified atom stereocenters. The van der Waals surface area contributed by atoms with E-state index in [1.165, 1.54) is 106 Å². The molecule has 26 aromatic rings. The first-order valence-electron chi connectivity index (χ1n) is 48.5. The number of hydrogen-bond acceptors (Lipinski definition) is 9. The van der Waals surface area contributed by atoms with Crippen molar-refractivity contribution in [2.45, 2.75) is 0 Å². The van der Waals surface area contributed by atoms with Gasteiger partial charge in [-0.15, -0.1) is 22.7 Å². The predicted molar refractivity (Wildman–Crippen MR) is 611 cm³/mol. The molecule has 23 aromatic carbocycles. The molecule has 0 bridgehead atoms. The van der Waals surface area contributed by atoms with Gasteiger partial charge in [-0.05, 0) is 292 Å². The van der Waals surface area contributed by atoms with E-state index in [1.807, 2.05) is 34.8 Å². The van der Waals surface area contributed by atoms with Crippen molar-refractivity contribution in [1.29, 1.82) is 0 Å². The monoisotopic (exact) mass is 1860 g/mol. The molecule has 0 spiro atoms. The van der Waals surface area contributed by atoms with Gasteiger partial charge in [0, 0.05) is 153 Å². The van der Waals surface area contributed by atoms with Crippen LogP contribution in [0.25, 0.3) is 128 Å². The maximum atomic E-state index is 6.30. The number of thiophene rings is 2. The summed E-state index contributed by atoms with van der Waals surface area (Å²) < 4.78 is 11.4. The molecule has 0 aliphatic rings. The molecule has 676 valence electrons. The lowest BCUT2D eigenvalue weighted by molar-refractivity contribution is 0.669. The van der Waals surface area contributed by atoms with Crippen LogP contribution in [0.5, 0.6) is 0 Å². The Morgan fingerprint density at radius 2 is 0.420 bits per heavy atom. The second kappa shape index (κ2) is 38.2. The quantitative estimate of drug-likeness (QED) is 0.0669. The van der Waals surface area contributed by atoms with Gasteiger partial charge in [0.05, 0.1) is 11.4 Å². The van der Waals surface area contributed by atoms with Crippen LogP contribution in [0.4, 0.5) is 102 Å². The number of furan rings is 1. The fourth-order valence-corrected chi connectivity index (χ4v) is 22.7. The number of para-hydroxylation sites is 7. The van der Waals surface area contributed by atoms with Gasteiger partial charge < -0.3 is 33.8 Å². The van der Waals surface area contributed by atoms with Crippen molar-refractivity contribution in [3.63, 3.8) is 0 Å². The van der Waals surface area contributed by atoms with Crippen molar-refractivity contribution in [2.75, 3.05) is 29.4 Å². The van der Waals surface area contributed by atoms with Gasteiger partial charge in [-0.1, -0.05) is 322 Å². The summed E-state index contributed by atoms with van der Waals surface area (Å²) in [5.41, 5.74) is 31.1. The molecule has 0 N–H and O–H groups in total. The minimum Gasteiger partial charge on any atom is -0.456 e. The van der Waals surface area contributed by atoms with Gasteiger partial charge in [0.2, 0.25) is 0 Å². The number of rotatable bonds is 22. The van der Waals surface area contributed by atoms with Crippen LogP contribution < -0.4 is 29.4 Å². The summed E-state index contributed by atoms with van der Waals surface area (Å²) in [5, 5.41) is 12.0. The van der Waals surface area contributed by atoms with Crippen molar-refractivity contribution in [1.82, 2.24) is 0 Å². The molecular weight excluding hydrogens is 1770 g/mol. The molecule has 9 heteroatoms. The van der Waals surface area contributed by atoms with Crippen LogP contribution in [0.2, 0.25) is 0 Å². The lowest BCUT2D eigenvalue weighted by Gasteiger charge is -2.29. The summed E-state index contributed by atoms with van der Waals surface area (Å²) in [6.45, 7) is 0. The SMILES string of the molecule is c1ccc(-c2ccc(N(c3ccccc3)c3cccc(N(c4ccccc4)c4ccc(-c5ccc6c(c5)sc5ccc(N(c7ccccc7)c7ccc(-c8ccccc8)cc7)cc56)cc4)c3)cc2)cc1.c1ccc(N(c2ccccc2)c2ccc(N(c3ccccc3)c3ccc(-c4ccc5c(c4)sc4ccc(N(c6ccc7oc8ccccc8c7c6)c6cccc7ccccc67)cc45)c4ccccc34)cc2)cc1. The molecule has 3 heterocycles. The number of benzene rings is 23. The molecule has 0 saturated carbocycles. The van der Waals surface area contributed by atoms with Gasteiger partial charge in [0.1, 0.15) is 11.2 Å². The first kappa shape index (κ1) is 86.2. The second-order valence-electron chi connectivity index (χ2n) is 35.9. The smallest absolute Gasteiger partial charge is 0.135 e. The summed E-state index contributed by atoms with van der Waals surface area (Å²) >= 11 is 3.71. The van der Waals surface area contributed by atoms with Crippen molar-refractivity contribution >= 4 is 209 Å². The number of hydrogen-bond donors (Lipinski definition) is 0. The van der Waals surface area contributed by atoms with Crippen LogP contribution >= 0.6 is 22.7 Å². The van der Waals surface area contributed by atoms with Crippen molar-refractivity contribution in [2.24, 2.45) is 0 Å². The Balaban J connectivity index is 0.000000150. The zero-order valence-corrected chi connectivity index (χ0v) is 79.7. The van der Waals surface area contributed by atoms with Gasteiger partial charge in [-0.2, -0.15) is 0 Å². The Labute approximate surface area is 838 Å². The van der Waals surface area contributed by atoms with E-state index < -0.39 is 0 Å². The van der Waals surface area contributed by atoms with Gasteiger partial charge >= 0.3 is 0 Å². The van der Waals surface area contributed by atoms with Crippen LogP contribution in [0.1, 0.15) is 0 Å². The maximum Gasteiger partial charge on any atom is 0.135 e. The number of anilines is 18. The first-order chi connectivity index (χ1) is 70.9. The van der Waals surface area contributed by atoms with E-state index in [1.54, 1.807) is 0 Å². The van der Waals surface area contributed by atoms with Gasteiger partial charge in [0.15, 0.2) is 0 Å². The van der Waals surface area contributed by atoms with Crippen molar-refractivity contribution < 1.29 is 4.42 Å². The van der Waals surface area contributed by atoms with Crippen LogP contribution in [-0.4, -0.2) is 0 Å². The highest BCUT2D eigenvalue weighted by Gasteiger charge is 2.26. The second-order valence-corrected chi connectivity index (χ2v) is 38.0. The molecule has 143 heavy (non-hydrogen) atoms. The van der Waals surface area contributed by atoms with E-state index in [2.05, 4.69) is 575 Å². The van der Waals surface area contributed by atoms with Gasteiger partial charge in [-0.3, -0.25) is 0 Å². The summed E-state index contributed by atoms with van der Waals surface area (Å²) in [6, 6.07) is 201. The van der Waals surface area contributed by atoms with Crippen LogP contribution in [0, 0.1) is 0 Å². The van der Waals surface area contributed by atoms with Crippen molar-refractivity contribution in [3.8, 4) is 44.5 Å². The van der Waals surface area contributed by atoms with Crippen molar-refractivity contribution in [3.05, 3.63) is 558 Å². The third kappa shape index (κ3) is 16.9. The molecule has 0 saturated heterocycles. The first-order valence-corrected chi connectivity index (χ1v) is 50.1. The molecule has 0 atom stereocenters. The lowest BCUT2D eigenvalue weighted by Crippen LogP contribution is -2.13. The van der Waals surface area contributed by atoms with Crippen LogP contribution in [-0.2, 0) is 0 Å². The largest absolute Gasteiger partial charge is 0.456 e. The summed E-state index contributed by atoms with van der Waals surface area (Å²) in [6.07, 6.45) is 0. The van der Waals surface area contributed by atoms with E-state index in [4.69, 9.17) is 4.42 Å². The van der Waals surface area contributed by atoms with E-state index in [0.717, 1.165) is 124 Å². The molecule has 0 amide bonds. The highest BCUT2D eigenvalue weighted by atomic mass is 32.1. The standard InChI is InChI=1S/C68H45N3OS.C66H47N3S/c1-4-19-48(20-5-1)69(49-21-6-2-7-22-49)51-32-34-52(35-33-51)70(50-23-8-3-9-24-50)64-40-39-55(57-26-12-13-27-58(57)64)47-31-38-60-62-45-54(37-42-67(62)73-68(60)43-47)71(63-29-16-18-46-17-10-11-25-56(46)63)53-36-41-66-61(44-53)59-28-14-15-30-65(59)72-66;1-6-17-48(18-7-1)50-29-36-57(37-30-50)67(54-21-10-3-11-22-54)60-27-16-28-61(46-60)68(55-23-12-4-13-24-55)58-40-33-52(34-41-58)53-35-43-63-64-47-62(42-44-65(64)70-66(63)45-53)69(56-25-14-5-15-26-56)59-38-31-51(32-39-59)49-19-8-2-9-20-49/h1-45H;1-47H. The normalized spacial score (nSPS) is 11.4.